The first-order valence-corrected chi connectivity index (χ1v) is 11.4. The van der Waals surface area contributed by atoms with E-state index in [0.717, 1.165) is 24.4 Å². The van der Waals surface area contributed by atoms with Gasteiger partial charge < -0.3 is 9.64 Å². The fourth-order valence-corrected chi connectivity index (χ4v) is 4.76. The lowest BCUT2D eigenvalue weighted by atomic mass is 9.92. The molecule has 5 rings (SSSR count). The summed E-state index contributed by atoms with van der Waals surface area (Å²) in [6.45, 7) is 3.06. The number of piperazine rings is 1. The van der Waals surface area contributed by atoms with E-state index in [1.165, 1.54) is 22.3 Å². The van der Waals surface area contributed by atoms with Gasteiger partial charge in [-0.25, -0.2) is 0 Å². The van der Waals surface area contributed by atoms with Crippen LogP contribution in [0, 0.1) is 0 Å². The Hall–Kier alpha value is -3.63. The van der Waals surface area contributed by atoms with Gasteiger partial charge >= 0.3 is 0 Å². The molecule has 0 N–H and O–H groups in total. The van der Waals surface area contributed by atoms with Gasteiger partial charge in [-0.2, -0.15) is 0 Å². The highest BCUT2D eigenvalue weighted by atomic mass is 16.5. The monoisotopic (exact) mass is 436 g/mol. The minimum atomic E-state index is 0.0727. The number of carbonyl (C=O) groups is 1. The average Bonchev–Trinajstić information content (AvgIpc) is 3.04. The van der Waals surface area contributed by atoms with Gasteiger partial charge in [0, 0.05) is 32.3 Å². The van der Waals surface area contributed by atoms with Crippen LogP contribution in [0.15, 0.2) is 78.9 Å². The van der Waals surface area contributed by atoms with E-state index in [4.69, 9.17) is 4.74 Å². The predicted molar refractivity (Wildman–Crippen MR) is 134 cm³/mol. The van der Waals surface area contributed by atoms with Crippen molar-refractivity contribution in [2.45, 2.75) is 6.04 Å². The normalized spacial score (nSPS) is 18.0. The van der Waals surface area contributed by atoms with Gasteiger partial charge in [0.2, 0.25) is 5.91 Å². The molecule has 0 saturated carbocycles. The Labute approximate surface area is 195 Å². The Kier molecular flexibility index (Phi) is 6.09. The molecule has 33 heavy (non-hydrogen) atoms. The van der Waals surface area contributed by atoms with Crippen LogP contribution in [0.25, 0.3) is 18.2 Å². The molecule has 0 bridgehead atoms. The lowest BCUT2D eigenvalue weighted by Crippen LogP contribution is -2.49. The molecule has 1 unspecified atom stereocenters. The number of hydrogen-bond donors (Lipinski definition) is 0. The van der Waals surface area contributed by atoms with Crippen LogP contribution in [0.2, 0.25) is 0 Å². The zero-order valence-corrected chi connectivity index (χ0v) is 18.9. The maximum absolute atomic E-state index is 12.8. The third-order valence-corrected chi connectivity index (χ3v) is 6.53. The zero-order valence-electron chi connectivity index (χ0n) is 18.9. The van der Waals surface area contributed by atoms with Crippen LogP contribution in [0.3, 0.4) is 0 Å². The average molecular weight is 437 g/mol. The molecule has 3 aromatic carbocycles. The quantitative estimate of drug-likeness (QED) is 0.532. The lowest BCUT2D eigenvalue weighted by molar-refractivity contribution is -0.127. The van der Waals surface area contributed by atoms with Crippen LogP contribution in [0.1, 0.15) is 33.9 Å². The summed E-state index contributed by atoms with van der Waals surface area (Å²) in [5.41, 5.74) is 6.03. The molecule has 1 atom stereocenters. The van der Waals surface area contributed by atoms with Crippen LogP contribution in [-0.2, 0) is 4.79 Å². The minimum absolute atomic E-state index is 0.0727. The van der Waals surface area contributed by atoms with Crippen molar-refractivity contribution in [3.8, 4) is 5.75 Å². The van der Waals surface area contributed by atoms with Crippen molar-refractivity contribution in [3.63, 3.8) is 0 Å². The largest absolute Gasteiger partial charge is 0.497 e. The fourth-order valence-electron chi connectivity index (χ4n) is 4.76. The first kappa shape index (κ1) is 21.2. The maximum Gasteiger partial charge on any atom is 0.246 e. The van der Waals surface area contributed by atoms with Crippen molar-refractivity contribution in [3.05, 3.63) is 107 Å². The van der Waals surface area contributed by atoms with Crippen LogP contribution in [0.5, 0.6) is 5.75 Å². The summed E-state index contributed by atoms with van der Waals surface area (Å²) in [6, 6.07) is 25.0. The molecule has 4 heteroatoms. The van der Waals surface area contributed by atoms with Gasteiger partial charge in [-0.05, 0) is 46.0 Å². The van der Waals surface area contributed by atoms with Crippen molar-refractivity contribution in [1.82, 2.24) is 9.80 Å². The second-order valence-electron chi connectivity index (χ2n) is 8.46. The van der Waals surface area contributed by atoms with Crippen LogP contribution in [-0.4, -0.2) is 49.0 Å². The summed E-state index contributed by atoms with van der Waals surface area (Å²) in [4.78, 5) is 17.2. The number of hydrogen-bond acceptors (Lipinski definition) is 3. The van der Waals surface area contributed by atoms with E-state index in [0.29, 0.717) is 13.1 Å². The Bertz CT molecular complexity index is 1190. The molecule has 4 nitrogen and oxygen atoms in total. The second-order valence-corrected chi connectivity index (χ2v) is 8.46. The van der Waals surface area contributed by atoms with Crippen LogP contribution < -0.4 is 4.74 Å². The SMILES string of the molecule is COc1ccc2c(c1)C(N1CCN(C(=O)/C=C/c3ccccc3)CC1)c1ccccc1C=C2. The number of carbonyl (C=O) groups excluding carboxylic acids is 1. The molecule has 1 aliphatic heterocycles. The van der Waals surface area contributed by atoms with Crippen molar-refractivity contribution >= 4 is 24.1 Å². The third-order valence-electron chi connectivity index (χ3n) is 6.53. The molecule has 0 radical (unpaired) electrons. The molecule has 1 heterocycles. The number of rotatable bonds is 4. The van der Waals surface area contributed by atoms with E-state index in [1.807, 2.05) is 47.4 Å². The van der Waals surface area contributed by atoms with Gasteiger partial charge in [-0.1, -0.05) is 72.8 Å². The molecule has 0 spiro atoms. The van der Waals surface area contributed by atoms with E-state index in [-0.39, 0.29) is 11.9 Å². The lowest BCUT2D eigenvalue weighted by Gasteiger charge is -2.40. The fraction of sp³-hybridized carbons (Fsp3) is 0.207. The van der Waals surface area contributed by atoms with Gasteiger partial charge in [-0.15, -0.1) is 0 Å². The summed E-state index contributed by atoms with van der Waals surface area (Å²) in [5.74, 6) is 0.940. The number of amides is 1. The number of nitrogens with zero attached hydrogens (tertiary/aromatic N) is 2. The van der Waals surface area contributed by atoms with Gasteiger partial charge in [0.25, 0.3) is 0 Å². The minimum Gasteiger partial charge on any atom is -0.497 e. The molecule has 1 aliphatic carbocycles. The maximum atomic E-state index is 12.8. The Morgan fingerprint density at radius 2 is 1.55 bits per heavy atom. The summed E-state index contributed by atoms with van der Waals surface area (Å²) < 4.78 is 5.55. The van der Waals surface area contributed by atoms with E-state index in [2.05, 4.69) is 53.5 Å². The van der Waals surface area contributed by atoms with Gasteiger partial charge in [0.05, 0.1) is 13.2 Å². The molecule has 1 amide bonds. The van der Waals surface area contributed by atoms with E-state index in [9.17, 15) is 4.79 Å². The molecule has 3 aromatic rings. The van der Waals surface area contributed by atoms with Gasteiger partial charge in [0.1, 0.15) is 5.75 Å². The van der Waals surface area contributed by atoms with Gasteiger partial charge in [0.15, 0.2) is 0 Å². The molecule has 2 aliphatic rings. The molecule has 166 valence electrons. The molecular weight excluding hydrogens is 408 g/mol. The third kappa shape index (κ3) is 4.48. The summed E-state index contributed by atoms with van der Waals surface area (Å²) in [7, 11) is 1.71. The zero-order chi connectivity index (χ0) is 22.6. The molecule has 1 fully saturated rings. The van der Waals surface area contributed by atoms with Crippen molar-refractivity contribution in [2.75, 3.05) is 33.3 Å². The summed E-state index contributed by atoms with van der Waals surface area (Å²) in [5, 5.41) is 0. The predicted octanol–water partition coefficient (Wildman–Crippen LogP) is 5.13. The first-order chi connectivity index (χ1) is 16.2. The van der Waals surface area contributed by atoms with Crippen molar-refractivity contribution in [1.29, 1.82) is 0 Å². The van der Waals surface area contributed by atoms with E-state index < -0.39 is 0 Å². The number of benzene rings is 3. The summed E-state index contributed by atoms with van der Waals surface area (Å²) in [6.07, 6.45) is 7.98. The highest BCUT2D eigenvalue weighted by Gasteiger charge is 2.31. The van der Waals surface area contributed by atoms with Crippen molar-refractivity contribution in [2.24, 2.45) is 0 Å². The Morgan fingerprint density at radius 3 is 2.30 bits per heavy atom. The highest BCUT2D eigenvalue weighted by Crippen LogP contribution is 2.39. The molecular formula is C29H28N2O2. The summed E-state index contributed by atoms with van der Waals surface area (Å²) >= 11 is 0. The van der Waals surface area contributed by atoms with Crippen LogP contribution >= 0.6 is 0 Å². The van der Waals surface area contributed by atoms with E-state index >= 15 is 0 Å². The van der Waals surface area contributed by atoms with Crippen molar-refractivity contribution < 1.29 is 9.53 Å². The Morgan fingerprint density at radius 1 is 0.848 bits per heavy atom. The first-order valence-electron chi connectivity index (χ1n) is 11.4. The molecule has 0 aromatic heterocycles. The van der Waals surface area contributed by atoms with E-state index in [1.54, 1.807) is 13.2 Å². The number of fused-ring (bicyclic) bond motifs is 2. The molecule has 1 saturated heterocycles. The number of methoxy groups -OCH3 is 1. The topological polar surface area (TPSA) is 32.8 Å². The van der Waals surface area contributed by atoms with Crippen LogP contribution in [0.4, 0.5) is 0 Å². The standard InChI is InChI=1S/C29H28N2O2/c1-33-25-15-14-24-13-12-23-9-5-6-10-26(23)29(27(24)21-25)31-19-17-30(18-20-31)28(32)16-11-22-7-3-2-4-8-22/h2-16,21,29H,17-20H2,1H3/b16-11+. The number of ether oxygens (including phenoxy) is 1. The van der Waals surface area contributed by atoms with Gasteiger partial charge in [-0.3, -0.25) is 9.69 Å². The highest BCUT2D eigenvalue weighted by molar-refractivity contribution is 5.91. The second kappa shape index (κ2) is 9.47. The Balaban J connectivity index is 1.37. The smallest absolute Gasteiger partial charge is 0.246 e.